The highest BCUT2D eigenvalue weighted by Crippen LogP contribution is 2.36. The first-order valence-corrected chi connectivity index (χ1v) is 18.9. The first kappa shape index (κ1) is 45.6. The summed E-state index contributed by atoms with van der Waals surface area (Å²) >= 11 is 0. The summed E-state index contributed by atoms with van der Waals surface area (Å²) in [6.07, 6.45) is 3.09. The van der Waals surface area contributed by atoms with Crippen LogP contribution in [0.1, 0.15) is 50.1 Å². The fourth-order valence-electron chi connectivity index (χ4n) is 6.27. The van der Waals surface area contributed by atoms with Gasteiger partial charge in [0, 0.05) is 37.8 Å². The standard InChI is InChI=1S/C39H24N24O6/c1-16-22(10-43)31(64)58(4)34(67)25(16)52-55-28-19(7-40)13-46-61(28)37-49-38(62-29(20(8-41)14-47-62)56-53-26-17(2)23(11-44)32(65)59(5)35(26)68)51-39(50-37)63-30(21(9-42)15-48-63)57-54-27-18(3)24(12-45)33(66)60(6)36(27)69/h13-15,67-69H,1-6H3/b55-52+,56-53+,57-54+. The van der Waals surface area contributed by atoms with Crippen LogP contribution in [0.25, 0.3) is 17.8 Å². The van der Waals surface area contributed by atoms with Crippen molar-refractivity contribution in [1.29, 1.82) is 31.6 Å². The van der Waals surface area contributed by atoms with Crippen molar-refractivity contribution in [3.05, 3.63) is 99.7 Å². The van der Waals surface area contributed by atoms with Crippen molar-refractivity contribution in [2.75, 3.05) is 0 Å². The van der Waals surface area contributed by atoms with Gasteiger partial charge in [0.25, 0.3) is 34.5 Å². The Morgan fingerprint density at radius 2 is 0.681 bits per heavy atom. The molecule has 0 aliphatic carbocycles. The van der Waals surface area contributed by atoms with Crippen LogP contribution in [-0.2, 0) is 21.1 Å². The van der Waals surface area contributed by atoms with Crippen LogP contribution in [0.5, 0.6) is 17.6 Å². The van der Waals surface area contributed by atoms with Gasteiger partial charge in [0.15, 0.2) is 34.5 Å². The van der Waals surface area contributed by atoms with Gasteiger partial charge in [-0.3, -0.25) is 28.1 Å². The number of rotatable bonds is 9. The summed E-state index contributed by atoms with van der Waals surface area (Å²) in [7, 11) is 3.55. The Morgan fingerprint density at radius 3 is 0.899 bits per heavy atom. The maximum Gasteiger partial charge on any atom is 0.271 e. The maximum absolute atomic E-state index is 12.6. The molecule has 0 unspecified atom stereocenters. The Hall–Kier alpha value is -11.4. The van der Waals surface area contributed by atoms with Crippen LogP contribution in [-0.4, -0.2) is 73.3 Å². The summed E-state index contributed by atoms with van der Waals surface area (Å²) in [4.78, 5) is 51.2. The van der Waals surface area contributed by atoms with Gasteiger partial charge < -0.3 is 15.3 Å². The zero-order chi connectivity index (χ0) is 50.2. The molecular weight excluding hydrogens is 901 g/mol. The van der Waals surface area contributed by atoms with Crippen LogP contribution >= 0.6 is 0 Å². The molecule has 7 heterocycles. The van der Waals surface area contributed by atoms with Crippen molar-refractivity contribution in [2.24, 2.45) is 51.8 Å². The van der Waals surface area contributed by atoms with Crippen molar-refractivity contribution < 1.29 is 15.3 Å². The first-order valence-electron chi connectivity index (χ1n) is 18.9. The molecule has 0 aliphatic rings. The molecule has 7 aromatic rings. The molecule has 30 nitrogen and oxygen atoms in total. The molecule has 7 aromatic heterocycles. The zero-order valence-electron chi connectivity index (χ0n) is 36.0. The highest BCUT2D eigenvalue weighted by atomic mass is 16.3. The molecule has 0 radical (unpaired) electrons. The minimum atomic E-state index is -0.824. The molecule has 0 bridgehead atoms. The minimum absolute atomic E-state index is 0.0614. The van der Waals surface area contributed by atoms with Crippen molar-refractivity contribution in [1.82, 2.24) is 58.0 Å². The minimum Gasteiger partial charge on any atom is -0.493 e. The van der Waals surface area contributed by atoms with Gasteiger partial charge in [-0.05, 0) is 20.8 Å². The number of aromatic hydroxyl groups is 3. The molecular formula is C39H24N24O6. The van der Waals surface area contributed by atoms with E-state index in [1.807, 2.05) is 18.2 Å². The molecule has 0 aliphatic heterocycles. The van der Waals surface area contributed by atoms with Crippen LogP contribution in [0.2, 0.25) is 0 Å². The second-order valence-electron chi connectivity index (χ2n) is 14.0. The molecule has 0 fully saturated rings. The smallest absolute Gasteiger partial charge is 0.271 e. The van der Waals surface area contributed by atoms with E-state index in [-0.39, 0.29) is 67.1 Å². The summed E-state index contributed by atoms with van der Waals surface area (Å²) in [6.45, 7) is 3.99. The molecule has 0 spiro atoms. The van der Waals surface area contributed by atoms with E-state index in [9.17, 15) is 61.3 Å². The largest absolute Gasteiger partial charge is 0.493 e. The summed E-state index contributed by atoms with van der Waals surface area (Å²) < 4.78 is 4.82. The normalized spacial score (nSPS) is 11.1. The molecule has 7 rings (SSSR count). The Bertz CT molecular complexity index is 3530. The molecule has 0 atom stereocenters. The van der Waals surface area contributed by atoms with Crippen LogP contribution in [0.3, 0.4) is 0 Å². The van der Waals surface area contributed by atoms with Gasteiger partial charge in [-0.15, -0.1) is 30.7 Å². The first-order chi connectivity index (χ1) is 33.0. The summed E-state index contributed by atoms with van der Waals surface area (Å²) in [6, 6.07) is 10.9. The molecule has 30 heteroatoms. The van der Waals surface area contributed by atoms with Crippen LogP contribution in [0, 0.1) is 88.8 Å². The van der Waals surface area contributed by atoms with Crippen LogP contribution in [0.15, 0.2) is 63.7 Å². The summed E-state index contributed by atoms with van der Waals surface area (Å²) in [5.74, 6) is -4.90. The van der Waals surface area contributed by atoms with Gasteiger partial charge >= 0.3 is 0 Å². The van der Waals surface area contributed by atoms with Crippen LogP contribution in [0.4, 0.5) is 34.5 Å². The molecule has 3 N–H and O–H groups in total. The predicted molar refractivity (Wildman–Crippen MR) is 226 cm³/mol. The van der Waals surface area contributed by atoms with E-state index in [1.54, 1.807) is 18.2 Å². The monoisotopic (exact) mass is 924 g/mol. The number of hydrogen-bond donors (Lipinski definition) is 3. The molecule has 336 valence electrons. The average Bonchev–Trinajstić information content (AvgIpc) is 4.09. The van der Waals surface area contributed by atoms with E-state index in [1.165, 1.54) is 41.9 Å². The van der Waals surface area contributed by atoms with E-state index in [2.05, 4.69) is 60.9 Å². The Balaban J connectivity index is 1.50. The molecule has 69 heavy (non-hydrogen) atoms. The van der Waals surface area contributed by atoms with E-state index in [4.69, 9.17) is 0 Å². The van der Waals surface area contributed by atoms with E-state index < -0.39 is 69.6 Å². The van der Waals surface area contributed by atoms with Crippen molar-refractivity contribution in [2.45, 2.75) is 20.8 Å². The van der Waals surface area contributed by atoms with Crippen molar-refractivity contribution in [3.8, 4) is 71.9 Å². The number of azo groups is 3. The third kappa shape index (κ3) is 7.45. The third-order valence-electron chi connectivity index (χ3n) is 10.2. The van der Waals surface area contributed by atoms with Crippen molar-refractivity contribution >= 4 is 34.5 Å². The SMILES string of the molecule is Cc1c(/N=N/c2c(C#N)cnn2-c2nc(-n3ncc(C#N)c3/N=N/c3c(C)c(C#N)c(=O)n(C)c3O)nc(-n3ncc(C#N)c3/N=N/c3c(C)c(C#N)c(=O)n(C)c3O)n2)c(O)n(C)c(=O)c1C#N. The fourth-order valence-corrected chi connectivity index (χ4v) is 6.27. The van der Waals surface area contributed by atoms with Gasteiger partial charge in [-0.1, -0.05) is 0 Å². The lowest BCUT2D eigenvalue weighted by atomic mass is 10.1. The summed E-state index contributed by atoms with van der Waals surface area (Å²) in [5.41, 5.74) is -5.55. The molecule has 0 amide bonds. The number of nitriles is 6. The molecule has 0 aromatic carbocycles. The van der Waals surface area contributed by atoms with Gasteiger partial charge in [0.1, 0.15) is 69.8 Å². The average molecular weight is 925 g/mol. The Kier molecular flexibility index (Phi) is 11.7. The molecule has 0 saturated heterocycles. The lowest BCUT2D eigenvalue weighted by molar-refractivity contribution is 0.423. The van der Waals surface area contributed by atoms with Gasteiger partial charge in [-0.25, -0.2) is 0 Å². The Labute approximate surface area is 382 Å². The van der Waals surface area contributed by atoms with E-state index in [0.717, 1.165) is 46.3 Å². The lowest BCUT2D eigenvalue weighted by Crippen LogP contribution is -2.20. The van der Waals surface area contributed by atoms with Gasteiger partial charge in [0.2, 0.25) is 17.6 Å². The van der Waals surface area contributed by atoms with Crippen LogP contribution < -0.4 is 16.7 Å². The second kappa shape index (κ2) is 17.7. The zero-order valence-corrected chi connectivity index (χ0v) is 36.0. The topological polar surface area (TPSA) is 436 Å². The van der Waals surface area contributed by atoms with E-state index in [0.29, 0.717) is 0 Å². The number of hydrogen-bond acceptors (Lipinski definition) is 24. The number of aromatic nitrogens is 12. The van der Waals surface area contributed by atoms with Crippen molar-refractivity contribution in [3.63, 3.8) is 0 Å². The quantitative estimate of drug-likeness (QED) is 0.175. The maximum atomic E-state index is 12.6. The highest BCUT2D eigenvalue weighted by molar-refractivity contribution is 5.62. The van der Waals surface area contributed by atoms with Gasteiger partial charge in [-0.2, -0.15) is 75.9 Å². The fraction of sp³-hybridized carbons (Fsp3) is 0.154. The second-order valence-corrected chi connectivity index (χ2v) is 14.0. The Morgan fingerprint density at radius 1 is 0.435 bits per heavy atom. The third-order valence-corrected chi connectivity index (χ3v) is 10.2. The highest BCUT2D eigenvalue weighted by Gasteiger charge is 2.26. The molecule has 0 saturated carbocycles. The van der Waals surface area contributed by atoms with Gasteiger partial charge in [0.05, 0.1) is 18.6 Å². The number of pyridine rings is 3. The van der Waals surface area contributed by atoms with E-state index >= 15 is 0 Å². The number of nitrogens with zero attached hydrogens (tertiary/aromatic N) is 24. The lowest BCUT2D eigenvalue weighted by Gasteiger charge is -2.11. The predicted octanol–water partition coefficient (Wildman–Crippen LogP) is 3.04. The summed E-state index contributed by atoms with van der Waals surface area (Å²) in [5, 5.41) is 129.